The summed E-state index contributed by atoms with van der Waals surface area (Å²) in [6, 6.07) is 6.45. The molecule has 3 heterocycles. The Morgan fingerprint density at radius 1 is 1.32 bits per heavy atom. The van der Waals surface area contributed by atoms with Gasteiger partial charge in [-0.3, -0.25) is 9.78 Å². The number of hydrogen-bond donors (Lipinski definition) is 1. The number of carbonyl (C=O) groups excluding carboxylic acids is 1. The lowest BCUT2D eigenvalue weighted by Gasteiger charge is -2.32. The predicted octanol–water partition coefficient (Wildman–Crippen LogP) is 2.94. The summed E-state index contributed by atoms with van der Waals surface area (Å²) in [5.41, 5.74) is 3.58. The quantitative estimate of drug-likeness (QED) is 0.947. The number of nitrogens with zero attached hydrogens (tertiary/aromatic N) is 2. The van der Waals surface area contributed by atoms with Crippen LogP contribution in [0.2, 0.25) is 0 Å². The van der Waals surface area contributed by atoms with Crippen molar-refractivity contribution in [2.45, 2.75) is 25.8 Å². The first-order valence-electron chi connectivity index (χ1n) is 7.66. The molecule has 1 aliphatic heterocycles. The molecule has 1 amide bonds. The first kappa shape index (κ1) is 15.2. The molecule has 0 bridgehead atoms. The van der Waals surface area contributed by atoms with Gasteiger partial charge in [-0.05, 0) is 50.4 Å². The number of rotatable bonds is 3. The van der Waals surface area contributed by atoms with E-state index in [1.807, 2.05) is 36.4 Å². The molecule has 0 aliphatic carbocycles. The minimum Gasteiger partial charge on any atom is -0.338 e. The Bertz CT molecular complexity index is 646. The Morgan fingerprint density at radius 3 is 2.68 bits per heavy atom. The van der Waals surface area contributed by atoms with E-state index in [0.717, 1.165) is 48.4 Å². The Morgan fingerprint density at radius 2 is 2.09 bits per heavy atom. The highest BCUT2D eigenvalue weighted by atomic mass is 32.1. The Kier molecular flexibility index (Phi) is 4.55. The van der Waals surface area contributed by atoms with Crippen LogP contribution in [0.5, 0.6) is 0 Å². The largest absolute Gasteiger partial charge is 0.338 e. The molecule has 0 atom stereocenters. The number of carbonyl (C=O) groups is 1. The van der Waals surface area contributed by atoms with Gasteiger partial charge in [0.15, 0.2) is 0 Å². The molecule has 1 N–H and O–H groups in total. The van der Waals surface area contributed by atoms with Gasteiger partial charge in [0.2, 0.25) is 0 Å². The lowest BCUT2D eigenvalue weighted by Crippen LogP contribution is -2.44. The van der Waals surface area contributed by atoms with Crippen LogP contribution in [-0.2, 0) is 0 Å². The number of aromatic nitrogens is 1. The van der Waals surface area contributed by atoms with Crippen LogP contribution in [0.1, 0.15) is 28.9 Å². The molecule has 3 rings (SSSR count). The van der Waals surface area contributed by atoms with Gasteiger partial charge in [-0.15, -0.1) is 0 Å². The molecule has 0 unspecified atom stereocenters. The normalized spacial score (nSPS) is 16.0. The van der Waals surface area contributed by atoms with E-state index in [2.05, 4.69) is 21.7 Å². The number of thiophene rings is 1. The third kappa shape index (κ3) is 3.05. The van der Waals surface area contributed by atoms with Crippen LogP contribution in [0.25, 0.3) is 11.3 Å². The van der Waals surface area contributed by atoms with Crippen molar-refractivity contribution >= 4 is 17.2 Å². The molecule has 116 valence electrons. The van der Waals surface area contributed by atoms with Crippen molar-refractivity contribution < 1.29 is 4.79 Å². The van der Waals surface area contributed by atoms with Crippen molar-refractivity contribution in [2.24, 2.45) is 0 Å². The second kappa shape index (κ2) is 6.58. The lowest BCUT2D eigenvalue weighted by atomic mass is 10.0. The third-order valence-corrected chi connectivity index (χ3v) is 5.01. The van der Waals surface area contributed by atoms with Gasteiger partial charge in [0.05, 0.1) is 17.0 Å². The van der Waals surface area contributed by atoms with Gasteiger partial charge in [-0.25, -0.2) is 0 Å². The predicted molar refractivity (Wildman–Crippen MR) is 90.3 cm³/mol. The summed E-state index contributed by atoms with van der Waals surface area (Å²) in [5, 5.41) is 7.40. The molecule has 4 nitrogen and oxygen atoms in total. The smallest absolute Gasteiger partial charge is 0.255 e. The lowest BCUT2D eigenvalue weighted by molar-refractivity contribution is 0.0706. The summed E-state index contributed by atoms with van der Waals surface area (Å²) in [5.74, 6) is 0.108. The SMILES string of the molecule is CNC1CCN(C(=O)c2ccc(-c3ccsc3)nc2C)CC1. The summed E-state index contributed by atoms with van der Waals surface area (Å²) in [6.07, 6.45) is 2.03. The molecule has 5 heteroatoms. The van der Waals surface area contributed by atoms with E-state index in [-0.39, 0.29) is 5.91 Å². The molecular weight excluding hydrogens is 294 g/mol. The van der Waals surface area contributed by atoms with Gasteiger partial charge in [0, 0.05) is 30.1 Å². The number of pyridine rings is 1. The molecule has 0 aromatic carbocycles. The Labute approximate surface area is 135 Å². The topological polar surface area (TPSA) is 45.2 Å². The van der Waals surface area contributed by atoms with E-state index >= 15 is 0 Å². The van der Waals surface area contributed by atoms with E-state index in [9.17, 15) is 4.79 Å². The summed E-state index contributed by atoms with van der Waals surface area (Å²) in [6.45, 7) is 3.55. The number of likely N-dealkylation sites (tertiary alicyclic amines) is 1. The number of aryl methyl sites for hydroxylation is 1. The molecule has 2 aromatic rings. The van der Waals surface area contributed by atoms with E-state index in [1.54, 1.807) is 11.3 Å². The van der Waals surface area contributed by atoms with Crippen molar-refractivity contribution in [1.29, 1.82) is 0 Å². The molecule has 0 radical (unpaired) electrons. The highest BCUT2D eigenvalue weighted by Crippen LogP contribution is 2.22. The maximum atomic E-state index is 12.7. The molecule has 1 aliphatic rings. The fourth-order valence-corrected chi connectivity index (χ4v) is 3.55. The second-order valence-electron chi connectivity index (χ2n) is 5.70. The number of nitrogens with one attached hydrogen (secondary N) is 1. The van der Waals surface area contributed by atoms with Crippen LogP contribution >= 0.6 is 11.3 Å². The van der Waals surface area contributed by atoms with Crippen molar-refractivity contribution in [2.75, 3.05) is 20.1 Å². The molecule has 1 saturated heterocycles. The van der Waals surface area contributed by atoms with Crippen molar-refractivity contribution in [3.8, 4) is 11.3 Å². The molecule has 1 fully saturated rings. The zero-order valence-corrected chi connectivity index (χ0v) is 13.8. The van der Waals surface area contributed by atoms with E-state index in [1.165, 1.54) is 0 Å². The van der Waals surface area contributed by atoms with Gasteiger partial charge in [-0.2, -0.15) is 11.3 Å². The molecule has 2 aromatic heterocycles. The van der Waals surface area contributed by atoms with Crippen LogP contribution < -0.4 is 5.32 Å². The van der Waals surface area contributed by atoms with E-state index < -0.39 is 0 Å². The van der Waals surface area contributed by atoms with E-state index in [4.69, 9.17) is 0 Å². The number of amides is 1. The molecular formula is C17H21N3OS. The zero-order chi connectivity index (χ0) is 15.5. The van der Waals surface area contributed by atoms with Crippen LogP contribution in [0, 0.1) is 6.92 Å². The number of hydrogen-bond acceptors (Lipinski definition) is 4. The number of piperidine rings is 1. The minimum absolute atomic E-state index is 0.108. The molecule has 0 saturated carbocycles. The van der Waals surface area contributed by atoms with Crippen LogP contribution in [0.15, 0.2) is 29.0 Å². The standard InChI is InChI=1S/C17H21N3OS/c1-12-15(3-4-16(19-12)13-7-10-22-11-13)17(21)20-8-5-14(18-2)6-9-20/h3-4,7,10-11,14,18H,5-6,8-9H2,1-2H3. The minimum atomic E-state index is 0.108. The second-order valence-corrected chi connectivity index (χ2v) is 6.48. The average molecular weight is 315 g/mol. The van der Waals surface area contributed by atoms with Gasteiger partial charge < -0.3 is 10.2 Å². The summed E-state index contributed by atoms with van der Waals surface area (Å²) >= 11 is 1.65. The van der Waals surface area contributed by atoms with Gasteiger partial charge in [0.25, 0.3) is 5.91 Å². The van der Waals surface area contributed by atoms with Crippen LogP contribution in [0.3, 0.4) is 0 Å². The van der Waals surface area contributed by atoms with E-state index in [0.29, 0.717) is 6.04 Å². The zero-order valence-electron chi connectivity index (χ0n) is 13.0. The maximum Gasteiger partial charge on any atom is 0.255 e. The van der Waals surface area contributed by atoms with Crippen molar-refractivity contribution in [3.05, 3.63) is 40.2 Å². The fraction of sp³-hybridized carbons (Fsp3) is 0.412. The summed E-state index contributed by atoms with van der Waals surface area (Å²) < 4.78 is 0. The monoisotopic (exact) mass is 315 g/mol. The van der Waals surface area contributed by atoms with Gasteiger partial charge in [0.1, 0.15) is 0 Å². The fourth-order valence-electron chi connectivity index (χ4n) is 2.90. The first-order valence-corrected chi connectivity index (χ1v) is 8.60. The van der Waals surface area contributed by atoms with Gasteiger partial charge in [-0.1, -0.05) is 0 Å². The van der Waals surface area contributed by atoms with Crippen LogP contribution in [-0.4, -0.2) is 42.0 Å². The summed E-state index contributed by atoms with van der Waals surface area (Å²) in [7, 11) is 1.99. The van der Waals surface area contributed by atoms with Crippen molar-refractivity contribution in [1.82, 2.24) is 15.2 Å². The third-order valence-electron chi connectivity index (χ3n) is 4.32. The van der Waals surface area contributed by atoms with Crippen LogP contribution in [0.4, 0.5) is 0 Å². The Balaban J connectivity index is 1.76. The summed E-state index contributed by atoms with van der Waals surface area (Å²) in [4.78, 5) is 19.2. The molecule has 0 spiro atoms. The van der Waals surface area contributed by atoms with Gasteiger partial charge >= 0.3 is 0 Å². The van der Waals surface area contributed by atoms with Crippen molar-refractivity contribution in [3.63, 3.8) is 0 Å². The highest BCUT2D eigenvalue weighted by molar-refractivity contribution is 7.08. The average Bonchev–Trinajstić information content (AvgIpc) is 3.09. The maximum absolute atomic E-state index is 12.7. The first-order chi connectivity index (χ1) is 10.7. The molecule has 22 heavy (non-hydrogen) atoms. The highest BCUT2D eigenvalue weighted by Gasteiger charge is 2.24. The Hall–Kier alpha value is -1.72.